The van der Waals surface area contributed by atoms with Gasteiger partial charge in [0, 0.05) is 0 Å². The predicted octanol–water partition coefficient (Wildman–Crippen LogP) is 2.53. The summed E-state index contributed by atoms with van der Waals surface area (Å²) in [6, 6.07) is 0. The number of hydrogen-bond donors (Lipinski definition) is 1. The van der Waals surface area contributed by atoms with Gasteiger partial charge >= 0.3 is 5.69 Å². The molecule has 0 fully saturated rings. The molecular weight excluding hydrogens is 296 g/mol. The topological polar surface area (TPSA) is 82.0 Å². The number of imidazole rings is 1. The molecule has 0 amide bonds. The summed E-state index contributed by atoms with van der Waals surface area (Å²) in [6.07, 6.45) is 8.37. The first-order valence-corrected chi connectivity index (χ1v) is 7.72. The Bertz CT molecular complexity index is 814. The van der Waals surface area contributed by atoms with Crippen LogP contribution in [0.2, 0.25) is 0 Å². The minimum absolute atomic E-state index is 0.301. The predicted molar refractivity (Wildman–Crippen MR) is 86.1 cm³/mol. The third kappa shape index (κ3) is 2.62. The first-order valence-electron chi connectivity index (χ1n) is 7.72. The number of nitrogens with zero attached hydrogens (tertiary/aromatic N) is 3. The highest BCUT2D eigenvalue weighted by Gasteiger charge is 2.28. The highest BCUT2D eigenvalue weighted by molar-refractivity contribution is 5.66. The molecule has 0 saturated heterocycles. The molecule has 3 heterocycles. The van der Waals surface area contributed by atoms with Gasteiger partial charge in [-0.2, -0.15) is 4.98 Å². The minimum Gasteiger partial charge on any atom is -0.480 e. The molecule has 2 aromatic heterocycles. The number of fused-ring (bicyclic) bond motifs is 1. The van der Waals surface area contributed by atoms with Crippen LogP contribution >= 0.6 is 0 Å². The van der Waals surface area contributed by atoms with Gasteiger partial charge in [-0.15, -0.1) is 0 Å². The number of nitrogens with one attached hydrogen (secondary N) is 1. The molecule has 0 saturated carbocycles. The molecule has 3 rings (SSSR count). The van der Waals surface area contributed by atoms with Crippen molar-refractivity contribution in [2.24, 2.45) is 5.92 Å². The van der Waals surface area contributed by atoms with Crippen LogP contribution in [0.4, 0.5) is 0 Å². The van der Waals surface area contributed by atoms with E-state index < -0.39 is 6.23 Å². The molecular formula is C16H20N4O3. The fourth-order valence-electron chi connectivity index (χ4n) is 2.93. The van der Waals surface area contributed by atoms with Crippen molar-refractivity contribution < 1.29 is 9.47 Å². The van der Waals surface area contributed by atoms with E-state index in [1.165, 1.54) is 17.9 Å². The highest BCUT2D eigenvalue weighted by atomic mass is 16.5. The van der Waals surface area contributed by atoms with E-state index in [9.17, 15) is 4.79 Å². The fraction of sp³-hybridized carbons (Fsp3) is 0.438. The minimum atomic E-state index is -0.521. The molecule has 122 valence electrons. The molecule has 1 aliphatic rings. The lowest BCUT2D eigenvalue weighted by Gasteiger charge is -2.28. The van der Waals surface area contributed by atoms with E-state index in [1.807, 2.05) is 12.2 Å². The Morgan fingerprint density at radius 2 is 2.22 bits per heavy atom. The summed E-state index contributed by atoms with van der Waals surface area (Å²) in [5.74, 6) is 0.685. The van der Waals surface area contributed by atoms with Crippen molar-refractivity contribution in [3.8, 4) is 5.88 Å². The van der Waals surface area contributed by atoms with Crippen LogP contribution in [-0.4, -0.2) is 26.6 Å². The van der Waals surface area contributed by atoms with Crippen LogP contribution in [0.3, 0.4) is 0 Å². The van der Waals surface area contributed by atoms with Gasteiger partial charge in [0.25, 0.3) is 0 Å². The number of allylic oxidation sites excluding steroid dienone is 2. The number of aromatic nitrogens is 4. The fourth-order valence-corrected chi connectivity index (χ4v) is 2.93. The zero-order valence-corrected chi connectivity index (χ0v) is 13.4. The van der Waals surface area contributed by atoms with Crippen molar-refractivity contribution in [3.63, 3.8) is 0 Å². The lowest BCUT2D eigenvalue weighted by atomic mass is 9.91. The number of methoxy groups -OCH3 is 1. The normalized spacial score (nSPS) is 17.4. The molecule has 7 nitrogen and oxygen atoms in total. The van der Waals surface area contributed by atoms with E-state index in [0.29, 0.717) is 23.1 Å². The van der Waals surface area contributed by atoms with Crippen LogP contribution in [0.15, 0.2) is 35.0 Å². The quantitative estimate of drug-likeness (QED) is 0.916. The number of H-pyrrole nitrogens is 1. The average molecular weight is 316 g/mol. The van der Waals surface area contributed by atoms with Crippen LogP contribution < -0.4 is 10.4 Å². The van der Waals surface area contributed by atoms with E-state index >= 15 is 0 Å². The van der Waals surface area contributed by atoms with Crippen LogP contribution in [-0.2, 0) is 4.74 Å². The lowest BCUT2D eigenvalue weighted by molar-refractivity contribution is 0.0982. The maximum absolute atomic E-state index is 12.4. The lowest BCUT2D eigenvalue weighted by Crippen LogP contribution is -2.28. The summed E-state index contributed by atoms with van der Waals surface area (Å²) in [6.45, 7) is 4.26. The van der Waals surface area contributed by atoms with Gasteiger partial charge in [0.2, 0.25) is 12.1 Å². The van der Waals surface area contributed by atoms with Crippen molar-refractivity contribution in [3.05, 3.63) is 40.7 Å². The van der Waals surface area contributed by atoms with Gasteiger partial charge in [0.15, 0.2) is 11.3 Å². The first-order chi connectivity index (χ1) is 11.2. The van der Waals surface area contributed by atoms with Gasteiger partial charge in [-0.25, -0.2) is 14.3 Å². The Hall–Kier alpha value is -2.57. The van der Waals surface area contributed by atoms with E-state index in [4.69, 9.17) is 9.47 Å². The second-order valence-electron chi connectivity index (χ2n) is 5.38. The molecule has 1 atom stereocenters. The number of hydrogen-bond acceptors (Lipinski definition) is 5. The van der Waals surface area contributed by atoms with Gasteiger partial charge in [-0.05, 0) is 30.4 Å². The van der Waals surface area contributed by atoms with Crippen molar-refractivity contribution in [2.45, 2.75) is 32.9 Å². The van der Waals surface area contributed by atoms with Gasteiger partial charge in [-0.1, -0.05) is 19.9 Å². The summed E-state index contributed by atoms with van der Waals surface area (Å²) < 4.78 is 12.4. The first kappa shape index (κ1) is 15.3. The molecule has 2 aromatic rings. The Balaban J connectivity index is 2.15. The molecule has 7 heteroatoms. The van der Waals surface area contributed by atoms with Gasteiger partial charge in [0.1, 0.15) is 0 Å². The van der Waals surface area contributed by atoms with Crippen molar-refractivity contribution in [2.75, 3.05) is 7.11 Å². The summed E-state index contributed by atoms with van der Waals surface area (Å²) in [4.78, 5) is 23.7. The Morgan fingerprint density at radius 3 is 2.91 bits per heavy atom. The molecule has 0 radical (unpaired) electrons. The molecule has 1 aliphatic heterocycles. The Kier molecular flexibility index (Phi) is 4.18. The van der Waals surface area contributed by atoms with E-state index in [2.05, 4.69) is 28.8 Å². The van der Waals surface area contributed by atoms with Crippen LogP contribution in [0.5, 0.6) is 5.88 Å². The molecule has 0 aromatic carbocycles. The van der Waals surface area contributed by atoms with E-state index in [1.54, 1.807) is 6.26 Å². The summed E-state index contributed by atoms with van der Waals surface area (Å²) >= 11 is 0. The smallest absolute Gasteiger partial charge is 0.332 e. The molecule has 23 heavy (non-hydrogen) atoms. The molecule has 1 N–H and O–H groups in total. The van der Waals surface area contributed by atoms with Crippen LogP contribution in [0, 0.1) is 5.92 Å². The Labute approximate surface area is 133 Å². The monoisotopic (exact) mass is 316 g/mol. The van der Waals surface area contributed by atoms with Gasteiger partial charge < -0.3 is 9.47 Å². The standard InChI is InChI=1S/C16H20N4O3/c1-4-10(5-2)11-7-6-8-23-15(11)20-14-13(19-16(20)21)17-9-12(18-14)22-3/h6-10,15H,4-5H2,1-3H3,(H,17,19,21). The van der Waals surface area contributed by atoms with Gasteiger partial charge in [-0.3, -0.25) is 4.98 Å². The van der Waals surface area contributed by atoms with Crippen molar-refractivity contribution >= 4 is 11.3 Å². The maximum Gasteiger partial charge on any atom is 0.332 e. The number of aromatic amines is 1. The van der Waals surface area contributed by atoms with Crippen molar-refractivity contribution in [1.82, 2.24) is 19.5 Å². The average Bonchev–Trinajstić information content (AvgIpc) is 2.91. The second kappa shape index (κ2) is 6.28. The molecule has 0 spiro atoms. The van der Waals surface area contributed by atoms with Gasteiger partial charge in [0.05, 0.1) is 19.6 Å². The molecule has 0 bridgehead atoms. The molecule has 1 unspecified atom stereocenters. The van der Waals surface area contributed by atoms with Crippen LogP contribution in [0.25, 0.3) is 11.3 Å². The summed E-state index contributed by atoms with van der Waals surface area (Å²) in [5.41, 5.74) is 1.60. The number of ether oxygens (including phenoxy) is 2. The SMILES string of the molecule is CCC(CC)C1=CC=COC1n1c(=O)[nH]c2ncc(OC)nc21. The third-order valence-corrected chi connectivity index (χ3v) is 4.16. The highest BCUT2D eigenvalue weighted by Crippen LogP contribution is 2.33. The third-order valence-electron chi connectivity index (χ3n) is 4.16. The Morgan fingerprint density at radius 1 is 1.43 bits per heavy atom. The van der Waals surface area contributed by atoms with E-state index in [-0.39, 0.29) is 5.69 Å². The zero-order chi connectivity index (χ0) is 16.4. The van der Waals surface area contributed by atoms with E-state index in [0.717, 1.165) is 18.4 Å². The van der Waals surface area contributed by atoms with Crippen molar-refractivity contribution in [1.29, 1.82) is 0 Å². The zero-order valence-electron chi connectivity index (χ0n) is 13.4. The molecule has 0 aliphatic carbocycles. The summed E-state index contributed by atoms with van der Waals surface area (Å²) in [5, 5.41) is 0. The second-order valence-corrected chi connectivity index (χ2v) is 5.38. The van der Waals surface area contributed by atoms with Crippen LogP contribution in [0.1, 0.15) is 32.9 Å². The largest absolute Gasteiger partial charge is 0.480 e. The summed E-state index contributed by atoms with van der Waals surface area (Å²) in [7, 11) is 1.51. The number of rotatable bonds is 5. The maximum atomic E-state index is 12.4.